The molecule has 1 amide bonds. The zero-order valence-corrected chi connectivity index (χ0v) is 16.4. The number of rotatable bonds is 4. The van der Waals surface area contributed by atoms with Crippen molar-refractivity contribution in [1.29, 1.82) is 0 Å². The lowest BCUT2D eigenvalue weighted by atomic mass is 9.94. The Morgan fingerprint density at radius 2 is 1.57 bits per heavy atom. The molecule has 1 fully saturated rings. The van der Waals surface area contributed by atoms with Crippen molar-refractivity contribution in [2.45, 2.75) is 19.5 Å². The number of carbonyl (C=O) groups is 2. The molecule has 0 aromatic heterocycles. The average Bonchev–Trinajstić information content (AvgIpc) is 3.00. The van der Waals surface area contributed by atoms with Gasteiger partial charge in [0.2, 0.25) is 0 Å². The van der Waals surface area contributed by atoms with E-state index < -0.39 is 23.5 Å². The van der Waals surface area contributed by atoms with Crippen LogP contribution in [0.15, 0.2) is 84.4 Å². The number of hydrogen-bond acceptors (Lipinski definition) is 3. The first-order valence-electron chi connectivity index (χ1n) is 9.60. The fourth-order valence-corrected chi connectivity index (χ4v) is 3.68. The van der Waals surface area contributed by atoms with E-state index in [2.05, 4.69) is 0 Å². The highest BCUT2D eigenvalue weighted by Gasteiger charge is 2.46. The molecule has 1 saturated heterocycles. The van der Waals surface area contributed by atoms with Crippen molar-refractivity contribution in [3.8, 4) is 0 Å². The maximum absolute atomic E-state index is 13.3. The van der Waals surface area contributed by atoms with Gasteiger partial charge in [0.1, 0.15) is 11.6 Å². The number of halogens is 1. The summed E-state index contributed by atoms with van der Waals surface area (Å²) in [6.45, 7) is 2.17. The molecule has 3 aromatic rings. The molecule has 0 bridgehead atoms. The van der Waals surface area contributed by atoms with E-state index in [-0.39, 0.29) is 23.4 Å². The van der Waals surface area contributed by atoms with E-state index in [0.29, 0.717) is 0 Å². The Morgan fingerprint density at radius 3 is 2.20 bits per heavy atom. The molecule has 1 aliphatic heterocycles. The minimum Gasteiger partial charge on any atom is -0.507 e. The van der Waals surface area contributed by atoms with Gasteiger partial charge in [-0.25, -0.2) is 4.39 Å². The number of Topliss-reactive ketones (excluding diaryl/α,β-unsaturated/α-hetero) is 1. The molecule has 4 rings (SSSR count). The summed E-state index contributed by atoms with van der Waals surface area (Å²) in [6, 6.07) is 21.3. The molecule has 0 saturated carbocycles. The van der Waals surface area contributed by atoms with Crippen molar-refractivity contribution in [3.63, 3.8) is 0 Å². The van der Waals surface area contributed by atoms with E-state index in [1.54, 1.807) is 0 Å². The molecule has 0 aliphatic carbocycles. The van der Waals surface area contributed by atoms with E-state index in [9.17, 15) is 19.1 Å². The van der Waals surface area contributed by atoms with Gasteiger partial charge < -0.3 is 10.0 Å². The Morgan fingerprint density at radius 1 is 0.933 bits per heavy atom. The van der Waals surface area contributed by atoms with Crippen LogP contribution in [0.4, 0.5) is 4.39 Å². The van der Waals surface area contributed by atoms with Crippen molar-refractivity contribution in [3.05, 3.63) is 113 Å². The molecule has 0 spiro atoms. The second kappa shape index (κ2) is 7.95. The molecule has 4 nitrogen and oxygen atoms in total. The van der Waals surface area contributed by atoms with Gasteiger partial charge in [0.25, 0.3) is 11.7 Å². The molecular formula is C25H20FNO3. The summed E-state index contributed by atoms with van der Waals surface area (Å²) >= 11 is 0. The number of nitrogens with zero attached hydrogens (tertiary/aromatic N) is 1. The fourth-order valence-electron chi connectivity index (χ4n) is 3.68. The summed E-state index contributed by atoms with van der Waals surface area (Å²) in [5.41, 5.74) is 2.92. The highest BCUT2D eigenvalue weighted by Crippen LogP contribution is 2.40. The third kappa shape index (κ3) is 3.62. The van der Waals surface area contributed by atoms with Gasteiger partial charge in [-0.3, -0.25) is 9.59 Å². The van der Waals surface area contributed by atoms with Crippen molar-refractivity contribution in [1.82, 2.24) is 4.90 Å². The van der Waals surface area contributed by atoms with E-state index >= 15 is 0 Å². The summed E-state index contributed by atoms with van der Waals surface area (Å²) in [5, 5.41) is 10.9. The Kier molecular flexibility index (Phi) is 5.19. The Hall–Kier alpha value is -3.73. The Labute approximate surface area is 173 Å². The number of benzene rings is 3. The van der Waals surface area contributed by atoms with Crippen LogP contribution < -0.4 is 0 Å². The van der Waals surface area contributed by atoms with E-state index in [4.69, 9.17) is 0 Å². The van der Waals surface area contributed by atoms with Gasteiger partial charge in [0, 0.05) is 12.1 Å². The minimum atomic E-state index is -0.752. The van der Waals surface area contributed by atoms with Gasteiger partial charge in [0.15, 0.2) is 0 Å². The van der Waals surface area contributed by atoms with Crippen LogP contribution in [0, 0.1) is 12.7 Å². The number of ketones is 1. The molecule has 1 atom stereocenters. The molecule has 5 heteroatoms. The molecule has 0 radical (unpaired) electrons. The number of aliphatic hydroxyl groups is 1. The Bertz CT molecular complexity index is 1120. The van der Waals surface area contributed by atoms with Crippen LogP contribution in [-0.4, -0.2) is 21.7 Å². The molecule has 3 aromatic carbocycles. The lowest BCUT2D eigenvalue weighted by molar-refractivity contribution is -0.140. The van der Waals surface area contributed by atoms with Crippen LogP contribution in [0.25, 0.3) is 5.76 Å². The smallest absolute Gasteiger partial charge is 0.295 e. The van der Waals surface area contributed by atoms with Crippen LogP contribution >= 0.6 is 0 Å². The molecule has 1 aliphatic rings. The number of hydrogen-bond donors (Lipinski definition) is 1. The van der Waals surface area contributed by atoms with E-state index in [0.717, 1.165) is 16.7 Å². The maximum atomic E-state index is 13.3. The summed E-state index contributed by atoms with van der Waals surface area (Å²) in [4.78, 5) is 27.4. The summed E-state index contributed by atoms with van der Waals surface area (Å²) < 4.78 is 13.3. The van der Waals surface area contributed by atoms with Gasteiger partial charge in [-0.15, -0.1) is 0 Å². The van der Waals surface area contributed by atoms with Gasteiger partial charge in [-0.05, 0) is 42.3 Å². The normalized spacial score (nSPS) is 18.1. The highest BCUT2D eigenvalue weighted by atomic mass is 19.1. The van der Waals surface area contributed by atoms with Crippen LogP contribution in [0.3, 0.4) is 0 Å². The summed E-state index contributed by atoms with van der Waals surface area (Å²) in [7, 11) is 0. The van der Waals surface area contributed by atoms with Gasteiger partial charge in [-0.1, -0.05) is 60.2 Å². The SMILES string of the molecule is Cc1ccc(C2/C(=C(\O)c3ccc(F)cc3)C(=O)C(=O)N2Cc2ccccc2)cc1. The summed E-state index contributed by atoms with van der Waals surface area (Å²) in [5.74, 6) is -2.19. The lowest BCUT2D eigenvalue weighted by Crippen LogP contribution is -2.29. The van der Waals surface area contributed by atoms with Crippen molar-refractivity contribution >= 4 is 17.4 Å². The number of aliphatic hydroxyl groups excluding tert-OH is 1. The first-order valence-corrected chi connectivity index (χ1v) is 9.60. The molecular weight excluding hydrogens is 381 g/mol. The molecule has 30 heavy (non-hydrogen) atoms. The highest BCUT2D eigenvalue weighted by molar-refractivity contribution is 6.46. The van der Waals surface area contributed by atoms with Crippen molar-refractivity contribution in [2.75, 3.05) is 0 Å². The number of carbonyl (C=O) groups excluding carboxylic acids is 2. The third-order valence-corrected chi connectivity index (χ3v) is 5.25. The molecule has 1 heterocycles. The van der Waals surface area contributed by atoms with E-state index in [1.165, 1.54) is 29.2 Å². The zero-order chi connectivity index (χ0) is 21.3. The Balaban J connectivity index is 1.85. The second-order valence-electron chi connectivity index (χ2n) is 7.33. The minimum absolute atomic E-state index is 0.00592. The predicted molar refractivity (Wildman–Crippen MR) is 112 cm³/mol. The maximum Gasteiger partial charge on any atom is 0.295 e. The lowest BCUT2D eigenvalue weighted by Gasteiger charge is -2.25. The van der Waals surface area contributed by atoms with Crippen LogP contribution in [-0.2, 0) is 16.1 Å². The quantitative estimate of drug-likeness (QED) is 0.390. The largest absolute Gasteiger partial charge is 0.507 e. The number of likely N-dealkylation sites (tertiary alicyclic amines) is 1. The van der Waals surface area contributed by atoms with Gasteiger partial charge >= 0.3 is 0 Å². The van der Waals surface area contributed by atoms with Crippen LogP contribution in [0.1, 0.15) is 28.3 Å². The number of amides is 1. The zero-order valence-electron chi connectivity index (χ0n) is 16.4. The third-order valence-electron chi connectivity index (χ3n) is 5.25. The van der Waals surface area contributed by atoms with Gasteiger partial charge in [-0.2, -0.15) is 0 Å². The van der Waals surface area contributed by atoms with Crippen molar-refractivity contribution < 1.29 is 19.1 Å². The summed E-state index contributed by atoms with van der Waals surface area (Å²) in [6.07, 6.45) is 0. The first-order chi connectivity index (χ1) is 14.5. The first kappa shape index (κ1) is 19.6. The topological polar surface area (TPSA) is 57.6 Å². The second-order valence-corrected chi connectivity index (χ2v) is 7.33. The number of aryl methyl sites for hydroxylation is 1. The van der Waals surface area contributed by atoms with Gasteiger partial charge in [0.05, 0.1) is 11.6 Å². The molecule has 150 valence electrons. The molecule has 1 N–H and O–H groups in total. The standard InChI is InChI=1S/C25H20FNO3/c1-16-7-9-18(10-8-16)22-21(23(28)19-11-13-20(26)14-12-19)24(29)25(30)27(22)15-17-5-3-2-4-6-17/h2-14,22,28H,15H2,1H3/b23-21+. The molecule has 1 unspecified atom stereocenters. The van der Waals surface area contributed by atoms with E-state index in [1.807, 2.05) is 61.5 Å². The van der Waals surface area contributed by atoms with Crippen LogP contribution in [0.5, 0.6) is 0 Å². The predicted octanol–water partition coefficient (Wildman–Crippen LogP) is 4.76. The average molecular weight is 401 g/mol. The van der Waals surface area contributed by atoms with Crippen molar-refractivity contribution in [2.24, 2.45) is 0 Å². The monoisotopic (exact) mass is 401 g/mol. The fraction of sp³-hybridized carbons (Fsp3) is 0.120. The van der Waals surface area contributed by atoms with Crippen LogP contribution in [0.2, 0.25) is 0 Å².